The first-order valence-corrected chi connectivity index (χ1v) is 17.3. The number of hydrogen-bond donors (Lipinski definition) is 3. The predicted octanol–water partition coefficient (Wildman–Crippen LogP) is 5.77. The lowest BCUT2D eigenvalue weighted by Gasteiger charge is -2.38. The average Bonchev–Trinajstić information content (AvgIpc) is 3.76. The van der Waals surface area contributed by atoms with Gasteiger partial charge in [-0.3, -0.25) is 14.4 Å². The third-order valence-electron chi connectivity index (χ3n) is 9.99. The van der Waals surface area contributed by atoms with Gasteiger partial charge in [0.25, 0.3) is 11.5 Å². The normalized spacial score (nSPS) is 20.5. The number of aliphatic hydroxyl groups excluding tert-OH is 1. The number of benzene rings is 2. The Kier molecular flexibility index (Phi) is 9.85. The fraction of sp³-hybridized carbons (Fsp3) is 0.500. The number of ether oxygens (including phenoxy) is 1. The number of aromatic nitrogens is 1. The van der Waals surface area contributed by atoms with Gasteiger partial charge in [0.2, 0.25) is 5.91 Å². The fourth-order valence-corrected chi connectivity index (χ4v) is 7.42. The molecule has 1 saturated carbocycles. The van der Waals surface area contributed by atoms with Gasteiger partial charge in [-0.25, -0.2) is 0 Å². The molecule has 2 aliphatic heterocycles. The Morgan fingerprint density at radius 3 is 2.53 bits per heavy atom. The van der Waals surface area contributed by atoms with Crippen LogP contribution < -0.4 is 25.8 Å². The van der Waals surface area contributed by atoms with Gasteiger partial charge in [-0.1, -0.05) is 62.2 Å². The molecular formula is C38H48N4O5. The Bertz CT molecular complexity index is 1650. The van der Waals surface area contributed by atoms with Gasteiger partial charge in [0.05, 0.1) is 17.7 Å². The number of carbonyl (C=O) groups excluding carboxylic acids is 2. The summed E-state index contributed by atoms with van der Waals surface area (Å²) in [6.45, 7) is 7.34. The second-order valence-corrected chi connectivity index (χ2v) is 13.9. The molecule has 3 N–H and O–H groups in total. The zero-order valence-corrected chi connectivity index (χ0v) is 27.8. The Morgan fingerprint density at radius 2 is 1.83 bits per heavy atom. The van der Waals surface area contributed by atoms with E-state index >= 15 is 0 Å². The summed E-state index contributed by atoms with van der Waals surface area (Å²) in [7, 11) is 0. The van der Waals surface area contributed by atoms with Crippen LogP contribution in [-0.2, 0) is 11.2 Å². The van der Waals surface area contributed by atoms with Gasteiger partial charge in [0.1, 0.15) is 17.0 Å². The highest BCUT2D eigenvalue weighted by molar-refractivity contribution is 5.98. The highest BCUT2D eigenvalue weighted by Crippen LogP contribution is 2.40. The number of nitrogens with one attached hydrogen (secondary N) is 2. The number of rotatable bonds is 11. The van der Waals surface area contributed by atoms with Gasteiger partial charge >= 0.3 is 0 Å². The van der Waals surface area contributed by atoms with Crippen LogP contribution >= 0.6 is 0 Å². The van der Waals surface area contributed by atoms with Crippen LogP contribution in [-0.4, -0.2) is 46.2 Å². The van der Waals surface area contributed by atoms with Crippen LogP contribution in [0.25, 0.3) is 0 Å². The van der Waals surface area contributed by atoms with Crippen molar-refractivity contribution in [3.8, 4) is 5.75 Å². The smallest absolute Gasteiger partial charge is 0.274 e. The largest absolute Gasteiger partial charge is 0.487 e. The van der Waals surface area contributed by atoms with Gasteiger partial charge < -0.3 is 29.9 Å². The molecule has 3 aliphatic rings. The van der Waals surface area contributed by atoms with Gasteiger partial charge in [0.15, 0.2) is 0 Å². The molecular weight excluding hydrogens is 592 g/mol. The lowest BCUT2D eigenvalue weighted by molar-refractivity contribution is -0.117. The molecule has 250 valence electrons. The van der Waals surface area contributed by atoms with E-state index in [0.29, 0.717) is 43.5 Å². The maximum absolute atomic E-state index is 14.0. The molecule has 6 rings (SSSR count). The van der Waals surface area contributed by atoms with Crippen LogP contribution in [0.2, 0.25) is 0 Å². The molecule has 9 heteroatoms. The highest BCUT2D eigenvalue weighted by atomic mass is 16.5. The number of pyridine rings is 1. The molecule has 2 fully saturated rings. The van der Waals surface area contributed by atoms with Crippen molar-refractivity contribution < 1.29 is 19.4 Å². The molecule has 9 nitrogen and oxygen atoms in total. The summed E-state index contributed by atoms with van der Waals surface area (Å²) in [5, 5.41) is 18.4. The quantitative estimate of drug-likeness (QED) is 0.246. The molecule has 3 atom stereocenters. The first-order chi connectivity index (χ1) is 22.6. The van der Waals surface area contributed by atoms with E-state index in [1.807, 2.05) is 30.3 Å². The summed E-state index contributed by atoms with van der Waals surface area (Å²) >= 11 is 0. The third kappa shape index (κ3) is 7.31. The number of aliphatic hydroxyl groups is 1. The van der Waals surface area contributed by atoms with Crippen molar-refractivity contribution in [1.82, 2.24) is 15.2 Å². The zero-order valence-electron chi connectivity index (χ0n) is 27.8. The van der Waals surface area contributed by atoms with Crippen molar-refractivity contribution in [3.63, 3.8) is 0 Å². The fourth-order valence-electron chi connectivity index (χ4n) is 7.42. The molecule has 47 heavy (non-hydrogen) atoms. The number of anilines is 1. The molecule has 1 aromatic heterocycles. The van der Waals surface area contributed by atoms with Crippen molar-refractivity contribution in [2.45, 2.75) is 108 Å². The molecule has 2 amide bonds. The van der Waals surface area contributed by atoms with Gasteiger partial charge in [-0.2, -0.15) is 0 Å². The number of hydrogen-bond acceptors (Lipinski definition) is 6. The van der Waals surface area contributed by atoms with E-state index in [1.54, 1.807) is 16.8 Å². The Morgan fingerprint density at radius 1 is 1.06 bits per heavy atom. The lowest BCUT2D eigenvalue weighted by Crippen LogP contribution is -2.44. The second kappa shape index (κ2) is 14.0. The lowest BCUT2D eigenvalue weighted by atomic mass is 9.88. The summed E-state index contributed by atoms with van der Waals surface area (Å²) in [4.78, 5) is 41.9. The minimum Gasteiger partial charge on any atom is -0.487 e. The number of nitrogens with zero attached hydrogens (tertiary/aromatic N) is 2. The molecule has 1 saturated heterocycles. The minimum absolute atomic E-state index is 0.00133. The maximum atomic E-state index is 14.0. The number of carbonyl (C=O) groups is 2. The summed E-state index contributed by atoms with van der Waals surface area (Å²) in [6.07, 6.45) is 7.74. The van der Waals surface area contributed by atoms with E-state index in [0.717, 1.165) is 49.8 Å². The molecule has 2 unspecified atom stereocenters. The second-order valence-electron chi connectivity index (χ2n) is 13.9. The molecule has 1 aliphatic carbocycles. The summed E-state index contributed by atoms with van der Waals surface area (Å²) in [6, 6.07) is 16.7. The van der Waals surface area contributed by atoms with Gasteiger partial charge in [0, 0.05) is 43.2 Å². The van der Waals surface area contributed by atoms with Crippen LogP contribution in [0.4, 0.5) is 5.69 Å². The van der Waals surface area contributed by atoms with Crippen LogP contribution in [0.5, 0.6) is 5.75 Å². The van der Waals surface area contributed by atoms with Gasteiger partial charge in [-0.05, 0) is 75.8 Å². The first-order valence-electron chi connectivity index (χ1n) is 17.3. The number of fused-ring (bicyclic) bond motifs is 1. The monoisotopic (exact) mass is 640 g/mol. The van der Waals surface area contributed by atoms with E-state index in [9.17, 15) is 19.5 Å². The van der Waals surface area contributed by atoms with Crippen molar-refractivity contribution in [2.75, 3.05) is 18.0 Å². The molecule has 2 aromatic carbocycles. The predicted molar refractivity (Wildman–Crippen MR) is 183 cm³/mol. The summed E-state index contributed by atoms with van der Waals surface area (Å²) in [5.74, 6) is 0.412. The molecule has 3 heterocycles. The Balaban J connectivity index is 1.26. The SMILES string of the molecule is CCc1ccc2c(c1)C(NCCC(NC(=O)c1cc(N3CCCC3=O)c(=O)n(C3CCCC3)c1)[C@H](O)c1ccccc1)CC(C)(C)O2. The van der Waals surface area contributed by atoms with Crippen LogP contribution in [0, 0.1) is 0 Å². The van der Waals surface area contributed by atoms with E-state index in [1.165, 1.54) is 10.5 Å². The number of amides is 2. The van der Waals surface area contributed by atoms with Crippen molar-refractivity contribution in [1.29, 1.82) is 0 Å². The minimum atomic E-state index is -0.951. The topological polar surface area (TPSA) is 113 Å². The van der Waals surface area contributed by atoms with Gasteiger partial charge in [-0.15, -0.1) is 0 Å². The Labute approximate surface area is 277 Å². The maximum Gasteiger partial charge on any atom is 0.274 e. The van der Waals surface area contributed by atoms with Crippen LogP contribution in [0.15, 0.2) is 65.6 Å². The van der Waals surface area contributed by atoms with E-state index in [4.69, 9.17) is 4.74 Å². The summed E-state index contributed by atoms with van der Waals surface area (Å²) in [5.41, 5.74) is 3.11. The van der Waals surface area contributed by atoms with E-state index in [2.05, 4.69) is 49.6 Å². The van der Waals surface area contributed by atoms with Crippen LogP contribution in [0.3, 0.4) is 0 Å². The van der Waals surface area contributed by atoms with E-state index in [-0.39, 0.29) is 40.7 Å². The van der Waals surface area contributed by atoms with Crippen LogP contribution in [0.1, 0.15) is 117 Å². The average molecular weight is 641 g/mol. The Hall–Kier alpha value is -3.95. The molecule has 0 radical (unpaired) electrons. The van der Waals surface area contributed by atoms with Crippen molar-refractivity contribution in [2.24, 2.45) is 0 Å². The zero-order chi connectivity index (χ0) is 33.1. The van der Waals surface area contributed by atoms with Crippen molar-refractivity contribution >= 4 is 17.5 Å². The number of aryl methyl sites for hydroxylation is 1. The first kappa shape index (κ1) is 33.0. The molecule has 0 bridgehead atoms. The standard InChI is InChI=1S/C38H48N4O5/c1-4-25-16-17-33-29(21-25)31(23-38(2,3)47-33)39-19-18-30(35(44)26-11-6-5-7-12-26)40-36(45)27-22-32(41-20-10-15-34(41)43)37(46)42(24-27)28-13-8-9-14-28/h5-7,11-12,16-17,21-22,24,28,30-31,35,39,44H,4,8-10,13-15,18-20,23H2,1-3H3,(H,40,45)/t30?,31?,35-/m1/s1. The molecule has 0 spiro atoms. The third-order valence-corrected chi connectivity index (χ3v) is 9.99. The summed E-state index contributed by atoms with van der Waals surface area (Å²) < 4.78 is 7.96. The van der Waals surface area contributed by atoms with Crippen molar-refractivity contribution in [3.05, 3.63) is 93.4 Å². The highest BCUT2D eigenvalue weighted by Gasteiger charge is 2.34. The molecule has 3 aromatic rings. The van der Waals surface area contributed by atoms with E-state index < -0.39 is 12.1 Å².